The summed E-state index contributed by atoms with van der Waals surface area (Å²) < 4.78 is 5.00. The Morgan fingerprint density at radius 2 is 1.89 bits per heavy atom. The first-order valence-electron chi connectivity index (χ1n) is 9.61. The second kappa shape index (κ2) is 8.05. The fraction of sp³-hybridized carbons (Fsp3) is 0.455. The van der Waals surface area contributed by atoms with Crippen LogP contribution in [0, 0.1) is 0 Å². The molecule has 0 saturated heterocycles. The number of likely N-dealkylation sites (N-methyl/N-ethyl adjacent to an activating group) is 1. The van der Waals surface area contributed by atoms with Crippen molar-refractivity contribution < 1.29 is 14.3 Å². The summed E-state index contributed by atoms with van der Waals surface area (Å²) in [4.78, 5) is 28.7. The van der Waals surface area contributed by atoms with Gasteiger partial charge in [0.05, 0.1) is 12.7 Å². The summed E-state index contributed by atoms with van der Waals surface area (Å²) in [5, 5.41) is 3.53. The molecule has 1 N–H and O–H groups in total. The lowest BCUT2D eigenvalue weighted by atomic mass is 9.87. The van der Waals surface area contributed by atoms with Crippen molar-refractivity contribution in [3.63, 3.8) is 0 Å². The number of carbonyl (C=O) groups is 2. The van der Waals surface area contributed by atoms with Crippen molar-refractivity contribution >= 4 is 28.2 Å². The molecule has 1 aromatic carbocycles. The molecule has 1 aliphatic heterocycles. The highest BCUT2D eigenvalue weighted by atomic mass is 32.1. The summed E-state index contributed by atoms with van der Waals surface area (Å²) in [6.07, 6.45) is 0.792. The molecule has 0 saturated carbocycles. The van der Waals surface area contributed by atoms with E-state index < -0.39 is 0 Å². The number of hydrogen-bond donors (Lipinski definition) is 1. The Labute approximate surface area is 170 Å². The minimum absolute atomic E-state index is 0.0328. The van der Waals surface area contributed by atoms with Crippen LogP contribution in [0.15, 0.2) is 24.3 Å². The van der Waals surface area contributed by atoms with Crippen molar-refractivity contribution in [2.75, 3.05) is 25.5 Å². The number of fused-ring (bicyclic) bond motifs is 1. The number of thiophene rings is 1. The molecule has 0 unspecified atom stereocenters. The lowest BCUT2D eigenvalue weighted by molar-refractivity contribution is 0.0600. The summed E-state index contributed by atoms with van der Waals surface area (Å²) in [6.45, 7) is 11.2. The van der Waals surface area contributed by atoms with E-state index in [1.807, 2.05) is 24.3 Å². The minimum Gasteiger partial charge on any atom is -0.465 e. The van der Waals surface area contributed by atoms with Gasteiger partial charge in [0.1, 0.15) is 5.00 Å². The smallest absolute Gasteiger partial charge is 0.341 e. The van der Waals surface area contributed by atoms with Crippen LogP contribution >= 0.6 is 11.3 Å². The molecular weight excluding hydrogens is 372 g/mol. The fourth-order valence-electron chi connectivity index (χ4n) is 3.43. The van der Waals surface area contributed by atoms with Gasteiger partial charge in [0, 0.05) is 23.5 Å². The zero-order valence-electron chi connectivity index (χ0n) is 17.2. The van der Waals surface area contributed by atoms with E-state index in [1.54, 1.807) is 0 Å². The number of nitrogens with one attached hydrogen (secondary N) is 1. The lowest BCUT2D eigenvalue weighted by Crippen LogP contribution is -2.29. The van der Waals surface area contributed by atoms with E-state index in [1.165, 1.54) is 24.0 Å². The van der Waals surface area contributed by atoms with E-state index in [2.05, 4.69) is 37.9 Å². The maximum absolute atomic E-state index is 12.8. The Balaban J connectivity index is 1.88. The predicted octanol–water partition coefficient (Wildman–Crippen LogP) is 4.46. The lowest BCUT2D eigenvalue weighted by Gasteiger charge is -2.25. The standard InChI is InChI=1S/C22H28N2O3S/c1-6-24-12-11-16-17(13-24)28-20(18(16)21(26)27-5)23-19(25)14-7-9-15(10-8-14)22(2,3)4/h7-10H,6,11-13H2,1-5H3,(H,23,25). The number of carbonyl (C=O) groups excluding carboxylic acids is 2. The third-order valence-electron chi connectivity index (χ3n) is 5.21. The Bertz CT molecular complexity index is 878. The number of hydrogen-bond acceptors (Lipinski definition) is 5. The first-order valence-corrected chi connectivity index (χ1v) is 10.4. The number of nitrogens with zero attached hydrogens (tertiary/aromatic N) is 1. The molecule has 0 aliphatic carbocycles. The molecule has 0 bridgehead atoms. The first-order chi connectivity index (χ1) is 13.2. The zero-order valence-corrected chi connectivity index (χ0v) is 18.0. The van der Waals surface area contributed by atoms with Gasteiger partial charge in [-0.3, -0.25) is 9.69 Å². The second-order valence-electron chi connectivity index (χ2n) is 8.10. The van der Waals surface area contributed by atoms with Gasteiger partial charge in [-0.25, -0.2) is 4.79 Å². The Morgan fingerprint density at radius 1 is 1.21 bits per heavy atom. The molecule has 3 rings (SSSR count). The summed E-state index contributed by atoms with van der Waals surface area (Å²) in [5.41, 5.74) is 3.30. The van der Waals surface area contributed by atoms with E-state index >= 15 is 0 Å². The van der Waals surface area contributed by atoms with E-state index in [-0.39, 0.29) is 17.3 Å². The van der Waals surface area contributed by atoms with E-state index in [9.17, 15) is 9.59 Å². The van der Waals surface area contributed by atoms with Crippen LogP contribution < -0.4 is 5.32 Å². The molecule has 6 heteroatoms. The number of methoxy groups -OCH3 is 1. The topological polar surface area (TPSA) is 58.6 Å². The molecule has 1 aliphatic rings. The highest BCUT2D eigenvalue weighted by molar-refractivity contribution is 7.17. The van der Waals surface area contributed by atoms with Crippen LogP contribution in [-0.4, -0.2) is 37.0 Å². The maximum atomic E-state index is 12.8. The highest BCUT2D eigenvalue weighted by Gasteiger charge is 2.29. The van der Waals surface area contributed by atoms with Crippen LogP contribution in [0.5, 0.6) is 0 Å². The summed E-state index contributed by atoms with van der Waals surface area (Å²) in [6, 6.07) is 7.63. The van der Waals surface area contributed by atoms with Crippen LogP contribution in [0.4, 0.5) is 5.00 Å². The van der Waals surface area contributed by atoms with Crippen LogP contribution in [0.25, 0.3) is 0 Å². The van der Waals surface area contributed by atoms with Gasteiger partial charge >= 0.3 is 5.97 Å². The van der Waals surface area contributed by atoms with Crippen molar-refractivity contribution in [2.45, 2.75) is 46.1 Å². The van der Waals surface area contributed by atoms with Gasteiger partial charge in [0.15, 0.2) is 0 Å². The molecule has 150 valence electrons. The van der Waals surface area contributed by atoms with E-state index in [4.69, 9.17) is 4.74 Å². The van der Waals surface area contributed by atoms with Crippen molar-refractivity contribution in [3.05, 3.63) is 51.4 Å². The van der Waals surface area contributed by atoms with Gasteiger partial charge in [-0.05, 0) is 41.6 Å². The Morgan fingerprint density at radius 3 is 2.46 bits per heavy atom. The van der Waals surface area contributed by atoms with Crippen LogP contribution in [0.3, 0.4) is 0 Å². The molecular formula is C22H28N2O3S. The third-order valence-corrected chi connectivity index (χ3v) is 6.35. The second-order valence-corrected chi connectivity index (χ2v) is 9.20. The SMILES string of the molecule is CCN1CCc2c(sc(NC(=O)c3ccc(C(C)(C)C)cc3)c2C(=O)OC)C1. The predicted molar refractivity (Wildman–Crippen MR) is 113 cm³/mol. The molecule has 5 nitrogen and oxygen atoms in total. The molecule has 0 radical (unpaired) electrons. The summed E-state index contributed by atoms with van der Waals surface area (Å²) in [5.74, 6) is -0.600. The Hall–Kier alpha value is -2.18. The summed E-state index contributed by atoms with van der Waals surface area (Å²) in [7, 11) is 1.38. The van der Waals surface area contributed by atoms with Gasteiger partial charge < -0.3 is 10.1 Å². The molecule has 28 heavy (non-hydrogen) atoms. The van der Waals surface area contributed by atoms with E-state index in [0.717, 1.165) is 36.5 Å². The van der Waals surface area contributed by atoms with Crippen molar-refractivity contribution in [1.82, 2.24) is 4.90 Å². The number of esters is 1. The molecule has 0 spiro atoms. The van der Waals surface area contributed by atoms with Gasteiger partial charge in [0.25, 0.3) is 5.91 Å². The maximum Gasteiger partial charge on any atom is 0.341 e. The molecule has 2 aromatic rings. The number of amides is 1. The minimum atomic E-state index is -0.388. The molecule has 0 atom stereocenters. The van der Waals surface area contributed by atoms with Crippen LogP contribution in [0.1, 0.15) is 64.4 Å². The average molecular weight is 401 g/mol. The molecule has 0 fully saturated rings. The van der Waals surface area contributed by atoms with Gasteiger partial charge in [-0.1, -0.05) is 39.8 Å². The first kappa shape index (κ1) is 20.6. The molecule has 2 heterocycles. The fourth-order valence-corrected chi connectivity index (χ4v) is 4.70. The quantitative estimate of drug-likeness (QED) is 0.770. The monoisotopic (exact) mass is 400 g/mol. The number of ether oxygens (including phenoxy) is 1. The Kier molecular flexibility index (Phi) is 5.91. The number of rotatable bonds is 4. The van der Waals surface area contributed by atoms with Crippen LogP contribution in [0.2, 0.25) is 0 Å². The third kappa shape index (κ3) is 4.13. The normalized spacial score (nSPS) is 14.5. The van der Waals surface area contributed by atoms with E-state index in [0.29, 0.717) is 16.1 Å². The van der Waals surface area contributed by atoms with Crippen molar-refractivity contribution in [3.8, 4) is 0 Å². The molecule has 1 aromatic heterocycles. The van der Waals surface area contributed by atoms with Gasteiger partial charge in [-0.15, -0.1) is 11.3 Å². The van der Waals surface area contributed by atoms with Crippen molar-refractivity contribution in [1.29, 1.82) is 0 Å². The highest BCUT2D eigenvalue weighted by Crippen LogP contribution is 2.37. The van der Waals surface area contributed by atoms with Gasteiger partial charge in [-0.2, -0.15) is 0 Å². The van der Waals surface area contributed by atoms with Crippen molar-refractivity contribution in [2.24, 2.45) is 0 Å². The van der Waals surface area contributed by atoms with Gasteiger partial charge in [0.2, 0.25) is 0 Å². The van der Waals surface area contributed by atoms with Crippen LogP contribution in [-0.2, 0) is 23.1 Å². The number of benzene rings is 1. The largest absolute Gasteiger partial charge is 0.465 e. The number of anilines is 1. The molecule has 1 amide bonds. The average Bonchev–Trinajstić information content (AvgIpc) is 3.03. The summed E-state index contributed by atoms with van der Waals surface area (Å²) >= 11 is 1.48. The zero-order chi connectivity index (χ0) is 20.5.